The van der Waals surface area contributed by atoms with E-state index in [1.807, 2.05) is 23.3 Å². The summed E-state index contributed by atoms with van der Waals surface area (Å²) < 4.78 is 3.76. The Balaban J connectivity index is 2.78. The molecule has 0 aliphatic rings. The van der Waals surface area contributed by atoms with Gasteiger partial charge in [-0.25, -0.2) is 9.13 Å². The number of hydrogen-bond donors (Lipinski definition) is 1. The predicted octanol–water partition coefficient (Wildman–Crippen LogP) is 0.306. The lowest BCUT2D eigenvalue weighted by atomic mass is 10.6. The molecule has 1 aromatic rings. The Morgan fingerprint density at radius 1 is 1.70 bits per heavy atom. The zero-order chi connectivity index (χ0) is 7.56. The molecular weight excluding hydrogens is 128 g/mol. The average molecular weight is 141 g/mol. The summed E-state index contributed by atoms with van der Waals surface area (Å²) in [7, 11) is 0. The number of aromatic nitrogens is 2. The quantitative estimate of drug-likeness (QED) is 0.590. The van der Waals surface area contributed by atoms with E-state index in [1.54, 1.807) is 11.5 Å². The molecule has 1 heterocycles. The molecule has 0 aliphatic carbocycles. The minimum absolute atomic E-state index is 0.423. The van der Waals surface area contributed by atoms with Crippen molar-refractivity contribution in [2.75, 3.05) is 0 Å². The molecule has 0 aromatic carbocycles. The van der Waals surface area contributed by atoms with Gasteiger partial charge in [0.15, 0.2) is 6.23 Å². The molecular formula is C7H13N2O+. The van der Waals surface area contributed by atoms with Crippen molar-refractivity contribution in [2.24, 2.45) is 0 Å². The summed E-state index contributed by atoms with van der Waals surface area (Å²) in [6, 6.07) is 0. The second-order valence-corrected chi connectivity index (χ2v) is 2.32. The Bertz CT molecular complexity index is 205. The molecule has 1 aromatic heterocycles. The second kappa shape index (κ2) is 2.84. The van der Waals surface area contributed by atoms with Crippen LogP contribution in [0.5, 0.6) is 0 Å². The van der Waals surface area contributed by atoms with Crippen molar-refractivity contribution in [3.05, 3.63) is 18.7 Å². The van der Waals surface area contributed by atoms with Crippen LogP contribution >= 0.6 is 0 Å². The Hall–Kier alpha value is -0.830. The predicted molar refractivity (Wildman–Crippen MR) is 37.2 cm³/mol. The molecule has 1 atom stereocenters. The van der Waals surface area contributed by atoms with Crippen LogP contribution in [-0.4, -0.2) is 9.67 Å². The maximum atomic E-state index is 9.08. The van der Waals surface area contributed by atoms with Crippen molar-refractivity contribution in [3.63, 3.8) is 0 Å². The molecule has 0 bridgehead atoms. The summed E-state index contributed by atoms with van der Waals surface area (Å²) >= 11 is 0. The van der Waals surface area contributed by atoms with E-state index in [0.717, 1.165) is 6.54 Å². The van der Waals surface area contributed by atoms with Crippen molar-refractivity contribution in [2.45, 2.75) is 26.6 Å². The van der Waals surface area contributed by atoms with Crippen LogP contribution in [0.4, 0.5) is 0 Å². The van der Waals surface area contributed by atoms with Gasteiger partial charge in [-0.15, -0.1) is 0 Å². The van der Waals surface area contributed by atoms with E-state index in [4.69, 9.17) is 5.11 Å². The smallest absolute Gasteiger partial charge is 0.245 e. The van der Waals surface area contributed by atoms with Crippen LogP contribution in [-0.2, 0) is 6.54 Å². The highest BCUT2D eigenvalue weighted by atomic mass is 16.3. The van der Waals surface area contributed by atoms with Crippen LogP contribution in [0.3, 0.4) is 0 Å². The van der Waals surface area contributed by atoms with Crippen molar-refractivity contribution >= 4 is 0 Å². The third-order valence-electron chi connectivity index (χ3n) is 1.51. The summed E-state index contributed by atoms with van der Waals surface area (Å²) in [6.45, 7) is 4.74. The van der Waals surface area contributed by atoms with Gasteiger partial charge >= 0.3 is 0 Å². The summed E-state index contributed by atoms with van der Waals surface area (Å²) in [4.78, 5) is 0. The first-order valence-electron chi connectivity index (χ1n) is 3.48. The van der Waals surface area contributed by atoms with Gasteiger partial charge in [0.1, 0.15) is 12.4 Å². The van der Waals surface area contributed by atoms with Gasteiger partial charge in [0, 0.05) is 6.92 Å². The molecule has 0 spiro atoms. The van der Waals surface area contributed by atoms with Crippen molar-refractivity contribution in [3.8, 4) is 0 Å². The van der Waals surface area contributed by atoms with Gasteiger partial charge in [0.25, 0.3) is 0 Å². The van der Waals surface area contributed by atoms with Crippen LogP contribution in [0.2, 0.25) is 0 Å². The lowest BCUT2D eigenvalue weighted by molar-refractivity contribution is -0.693. The monoisotopic (exact) mass is 141 g/mol. The van der Waals surface area contributed by atoms with Gasteiger partial charge in [-0.3, -0.25) is 0 Å². The van der Waals surface area contributed by atoms with E-state index < -0.39 is 6.23 Å². The number of hydrogen-bond acceptors (Lipinski definition) is 1. The van der Waals surface area contributed by atoms with Crippen molar-refractivity contribution < 1.29 is 9.67 Å². The van der Waals surface area contributed by atoms with Gasteiger partial charge in [-0.1, -0.05) is 0 Å². The lowest BCUT2D eigenvalue weighted by Crippen LogP contribution is -2.29. The van der Waals surface area contributed by atoms with Gasteiger partial charge in [0.2, 0.25) is 6.33 Å². The van der Waals surface area contributed by atoms with Crippen LogP contribution in [0.25, 0.3) is 0 Å². The highest BCUT2D eigenvalue weighted by Crippen LogP contribution is 1.95. The van der Waals surface area contributed by atoms with Gasteiger partial charge < -0.3 is 5.11 Å². The lowest BCUT2D eigenvalue weighted by Gasteiger charge is -1.95. The molecule has 56 valence electrons. The summed E-state index contributed by atoms with van der Waals surface area (Å²) in [5.41, 5.74) is 0. The van der Waals surface area contributed by atoms with E-state index >= 15 is 0 Å². The summed E-state index contributed by atoms with van der Waals surface area (Å²) in [5, 5.41) is 9.08. The van der Waals surface area contributed by atoms with Crippen LogP contribution in [0.1, 0.15) is 20.1 Å². The second-order valence-electron chi connectivity index (χ2n) is 2.32. The third kappa shape index (κ3) is 1.36. The maximum Gasteiger partial charge on any atom is 0.245 e. The van der Waals surface area contributed by atoms with E-state index in [9.17, 15) is 0 Å². The first-order chi connectivity index (χ1) is 4.74. The number of aryl methyl sites for hydroxylation is 1. The standard InChI is InChI=1S/C7H13N2O/c1-3-8-4-5-9(6-8)7(2)10/h4-7,10H,3H2,1-2H3/q+1. The van der Waals surface area contributed by atoms with E-state index in [1.165, 1.54) is 0 Å². The molecule has 0 fully saturated rings. The molecule has 10 heavy (non-hydrogen) atoms. The Kier molecular flexibility index (Phi) is 2.06. The Morgan fingerprint density at radius 2 is 2.40 bits per heavy atom. The molecule has 3 nitrogen and oxygen atoms in total. The third-order valence-corrected chi connectivity index (χ3v) is 1.51. The molecule has 0 saturated heterocycles. The largest absolute Gasteiger partial charge is 0.355 e. The zero-order valence-electron chi connectivity index (χ0n) is 6.36. The molecule has 1 N–H and O–H groups in total. The van der Waals surface area contributed by atoms with Crippen LogP contribution in [0.15, 0.2) is 18.7 Å². The summed E-state index contributed by atoms with van der Waals surface area (Å²) in [5.74, 6) is 0. The van der Waals surface area contributed by atoms with Crippen molar-refractivity contribution in [1.29, 1.82) is 0 Å². The molecule has 0 amide bonds. The van der Waals surface area contributed by atoms with Crippen LogP contribution < -0.4 is 4.57 Å². The van der Waals surface area contributed by atoms with Gasteiger partial charge in [-0.2, -0.15) is 0 Å². The van der Waals surface area contributed by atoms with Crippen molar-refractivity contribution in [1.82, 2.24) is 4.57 Å². The summed E-state index contributed by atoms with van der Waals surface area (Å²) in [6.07, 6.45) is 5.25. The number of nitrogens with zero attached hydrogens (tertiary/aromatic N) is 2. The number of rotatable bonds is 2. The molecule has 1 unspecified atom stereocenters. The highest BCUT2D eigenvalue weighted by molar-refractivity contribution is 4.67. The fourth-order valence-electron chi connectivity index (χ4n) is 0.819. The average Bonchev–Trinajstić information content (AvgIpc) is 2.34. The molecule has 0 radical (unpaired) electrons. The number of aliphatic hydroxyl groups excluding tert-OH is 1. The molecule has 3 heteroatoms. The topological polar surface area (TPSA) is 29.0 Å². The zero-order valence-corrected chi connectivity index (χ0v) is 6.36. The number of imidazole rings is 1. The molecule has 0 saturated carbocycles. The van der Waals surface area contributed by atoms with E-state index in [2.05, 4.69) is 6.92 Å². The highest BCUT2D eigenvalue weighted by Gasteiger charge is 2.05. The first kappa shape index (κ1) is 7.28. The minimum Gasteiger partial charge on any atom is -0.355 e. The van der Waals surface area contributed by atoms with E-state index in [-0.39, 0.29) is 0 Å². The fourth-order valence-corrected chi connectivity index (χ4v) is 0.819. The fraction of sp³-hybridized carbons (Fsp3) is 0.571. The first-order valence-corrected chi connectivity index (χ1v) is 3.48. The Labute approximate surface area is 60.5 Å². The Morgan fingerprint density at radius 3 is 2.70 bits per heavy atom. The maximum absolute atomic E-state index is 9.08. The minimum atomic E-state index is -0.423. The van der Waals surface area contributed by atoms with Gasteiger partial charge in [-0.05, 0) is 6.92 Å². The number of aliphatic hydroxyl groups is 1. The SMILES string of the molecule is CC[n+]1ccn(C(C)O)c1. The van der Waals surface area contributed by atoms with Crippen LogP contribution in [0, 0.1) is 0 Å². The normalized spacial score (nSPS) is 13.5. The van der Waals surface area contributed by atoms with E-state index in [0.29, 0.717) is 0 Å². The van der Waals surface area contributed by atoms with Gasteiger partial charge in [0.05, 0.1) is 6.54 Å². The molecule has 1 rings (SSSR count). The molecule has 0 aliphatic heterocycles.